The van der Waals surface area contributed by atoms with Gasteiger partial charge in [0.05, 0.1) is 6.10 Å². The van der Waals surface area contributed by atoms with Crippen LogP contribution >= 0.6 is 0 Å². The molecule has 1 N–H and O–H groups in total. The Hall–Kier alpha value is -1.09. The van der Waals surface area contributed by atoms with Gasteiger partial charge in [-0.05, 0) is 36.3 Å². The van der Waals surface area contributed by atoms with Crippen LogP contribution in [0.15, 0.2) is 18.3 Å². The van der Waals surface area contributed by atoms with E-state index in [2.05, 4.69) is 30.7 Å². The molecule has 2 atom stereocenters. The average Bonchev–Trinajstić information content (AvgIpc) is 2.78. The minimum atomic E-state index is -0.438. The van der Waals surface area contributed by atoms with Crippen LogP contribution in [0, 0.1) is 11.3 Å². The Morgan fingerprint density at radius 2 is 2.11 bits per heavy atom. The summed E-state index contributed by atoms with van der Waals surface area (Å²) in [6.07, 6.45) is 2.58. The largest absolute Gasteiger partial charge is 0.389 e. The maximum atomic E-state index is 9.48. The molecule has 100 valence electrons. The predicted octanol–water partition coefficient (Wildman–Crippen LogP) is 3.01. The molecule has 1 saturated heterocycles. The van der Waals surface area contributed by atoms with Crippen LogP contribution in [-0.2, 0) is 0 Å². The second kappa shape index (κ2) is 4.88. The highest BCUT2D eigenvalue weighted by Crippen LogP contribution is 2.35. The highest BCUT2D eigenvalue weighted by Gasteiger charge is 2.32. The summed E-state index contributed by atoms with van der Waals surface area (Å²) < 4.78 is 0. The van der Waals surface area contributed by atoms with Gasteiger partial charge in [0.15, 0.2) is 0 Å². The van der Waals surface area contributed by atoms with E-state index in [1.165, 1.54) is 6.42 Å². The summed E-state index contributed by atoms with van der Waals surface area (Å²) >= 11 is 0. The number of aliphatic hydroxyl groups excluding tert-OH is 1. The fraction of sp³-hybridized carbons (Fsp3) is 0.667. The summed E-state index contributed by atoms with van der Waals surface area (Å²) in [7, 11) is 0. The topological polar surface area (TPSA) is 36.4 Å². The lowest BCUT2D eigenvalue weighted by atomic mass is 9.80. The van der Waals surface area contributed by atoms with E-state index < -0.39 is 6.10 Å². The molecule has 1 aliphatic heterocycles. The van der Waals surface area contributed by atoms with Crippen molar-refractivity contribution in [3.05, 3.63) is 23.9 Å². The summed E-state index contributed by atoms with van der Waals surface area (Å²) in [6, 6.07) is 3.99. The van der Waals surface area contributed by atoms with E-state index in [4.69, 9.17) is 0 Å². The number of aromatic nitrogens is 1. The van der Waals surface area contributed by atoms with Crippen LogP contribution in [0.5, 0.6) is 0 Å². The number of nitrogens with zero attached hydrogens (tertiary/aromatic N) is 2. The molecule has 1 fully saturated rings. The quantitative estimate of drug-likeness (QED) is 0.874. The van der Waals surface area contributed by atoms with Crippen LogP contribution in [0.4, 0.5) is 5.82 Å². The molecule has 3 heteroatoms. The number of pyridine rings is 1. The molecule has 0 saturated carbocycles. The Morgan fingerprint density at radius 3 is 2.56 bits per heavy atom. The minimum absolute atomic E-state index is 0.369. The average molecular weight is 248 g/mol. The minimum Gasteiger partial charge on any atom is -0.389 e. The zero-order valence-electron chi connectivity index (χ0n) is 11.8. The first-order valence-corrected chi connectivity index (χ1v) is 6.77. The number of hydrogen-bond donors (Lipinski definition) is 1. The van der Waals surface area contributed by atoms with Crippen molar-refractivity contribution in [1.29, 1.82) is 0 Å². The lowest BCUT2D eigenvalue weighted by Gasteiger charge is -2.27. The maximum absolute atomic E-state index is 9.48. The predicted molar refractivity (Wildman–Crippen MR) is 74.6 cm³/mol. The molecule has 18 heavy (non-hydrogen) atoms. The van der Waals surface area contributed by atoms with Crippen LogP contribution in [0.25, 0.3) is 0 Å². The summed E-state index contributed by atoms with van der Waals surface area (Å²) in [6.45, 7) is 10.9. The molecule has 0 radical (unpaired) electrons. The van der Waals surface area contributed by atoms with Crippen molar-refractivity contribution in [2.24, 2.45) is 11.3 Å². The summed E-state index contributed by atoms with van der Waals surface area (Å²) in [5, 5.41) is 9.48. The van der Waals surface area contributed by atoms with Gasteiger partial charge in [0, 0.05) is 19.3 Å². The number of aliphatic hydroxyl groups is 1. The first-order valence-electron chi connectivity index (χ1n) is 6.77. The number of hydrogen-bond acceptors (Lipinski definition) is 3. The van der Waals surface area contributed by atoms with Gasteiger partial charge in [0.2, 0.25) is 0 Å². The van der Waals surface area contributed by atoms with Crippen LogP contribution < -0.4 is 4.90 Å². The summed E-state index contributed by atoms with van der Waals surface area (Å²) in [5.41, 5.74) is 1.25. The fourth-order valence-electron chi connectivity index (χ4n) is 2.51. The van der Waals surface area contributed by atoms with Crippen molar-refractivity contribution >= 4 is 5.82 Å². The number of rotatable bonds is 2. The van der Waals surface area contributed by atoms with Gasteiger partial charge in [-0.3, -0.25) is 0 Å². The normalized spacial score (nSPS) is 22.3. The zero-order valence-corrected chi connectivity index (χ0v) is 11.8. The molecular weight excluding hydrogens is 224 g/mol. The van der Waals surface area contributed by atoms with Crippen molar-refractivity contribution in [3.8, 4) is 0 Å². The molecule has 1 aliphatic rings. The summed E-state index contributed by atoms with van der Waals surface area (Å²) in [5.74, 6) is 1.77. The van der Waals surface area contributed by atoms with Gasteiger partial charge in [-0.25, -0.2) is 4.98 Å². The van der Waals surface area contributed by atoms with E-state index in [1.54, 1.807) is 13.1 Å². The molecule has 0 bridgehead atoms. The van der Waals surface area contributed by atoms with E-state index in [0.717, 1.165) is 30.4 Å². The molecular formula is C15H24N2O. The molecule has 0 aromatic carbocycles. The Labute approximate surface area is 110 Å². The van der Waals surface area contributed by atoms with Gasteiger partial charge in [0.25, 0.3) is 0 Å². The van der Waals surface area contributed by atoms with E-state index in [0.29, 0.717) is 5.41 Å². The third-order valence-electron chi connectivity index (χ3n) is 3.99. The molecule has 1 aromatic rings. The SMILES string of the molecule is C[C@@H](O)c1ccc(N2CCC(C(C)(C)C)C2)nc1. The Balaban J connectivity index is 2.05. The van der Waals surface area contributed by atoms with Crippen molar-refractivity contribution in [1.82, 2.24) is 4.98 Å². The van der Waals surface area contributed by atoms with Gasteiger partial charge in [0.1, 0.15) is 5.82 Å². The second-order valence-electron chi connectivity index (χ2n) is 6.42. The molecule has 0 spiro atoms. The standard InChI is InChI=1S/C15H24N2O/c1-11(18)12-5-6-14(16-9-12)17-8-7-13(10-17)15(2,3)4/h5-6,9,11,13,18H,7-8,10H2,1-4H3/t11-,13?/m1/s1. The lowest BCUT2D eigenvalue weighted by molar-refractivity contribution is 0.199. The van der Waals surface area contributed by atoms with Gasteiger partial charge in [-0.15, -0.1) is 0 Å². The third kappa shape index (κ3) is 2.83. The third-order valence-corrected chi connectivity index (χ3v) is 3.99. The van der Waals surface area contributed by atoms with Crippen LogP contribution in [0.1, 0.15) is 45.8 Å². The molecule has 2 rings (SSSR count). The molecule has 3 nitrogen and oxygen atoms in total. The van der Waals surface area contributed by atoms with Gasteiger partial charge in [-0.1, -0.05) is 26.8 Å². The van der Waals surface area contributed by atoms with Gasteiger partial charge < -0.3 is 10.0 Å². The first-order chi connectivity index (χ1) is 8.38. The monoisotopic (exact) mass is 248 g/mol. The van der Waals surface area contributed by atoms with Crippen LogP contribution in [0.3, 0.4) is 0 Å². The molecule has 0 aliphatic carbocycles. The maximum Gasteiger partial charge on any atom is 0.128 e. The zero-order chi connectivity index (χ0) is 13.3. The first kappa shape index (κ1) is 13.3. The second-order valence-corrected chi connectivity index (χ2v) is 6.42. The van der Waals surface area contributed by atoms with E-state index in [-0.39, 0.29) is 0 Å². The Morgan fingerprint density at radius 1 is 1.39 bits per heavy atom. The lowest BCUT2D eigenvalue weighted by Crippen LogP contribution is -2.26. The van der Waals surface area contributed by atoms with Crippen molar-refractivity contribution in [3.63, 3.8) is 0 Å². The van der Waals surface area contributed by atoms with E-state index in [9.17, 15) is 5.11 Å². The highest BCUT2D eigenvalue weighted by molar-refractivity contribution is 5.41. The highest BCUT2D eigenvalue weighted by atomic mass is 16.3. The Bertz CT molecular complexity index is 392. The molecule has 1 unspecified atom stereocenters. The van der Waals surface area contributed by atoms with Crippen LogP contribution in [-0.4, -0.2) is 23.2 Å². The molecule has 1 aromatic heterocycles. The van der Waals surface area contributed by atoms with Crippen LogP contribution in [0.2, 0.25) is 0 Å². The number of anilines is 1. The fourth-order valence-corrected chi connectivity index (χ4v) is 2.51. The molecule has 2 heterocycles. The van der Waals surface area contributed by atoms with Gasteiger partial charge >= 0.3 is 0 Å². The van der Waals surface area contributed by atoms with Crippen molar-refractivity contribution in [2.75, 3.05) is 18.0 Å². The van der Waals surface area contributed by atoms with Crippen molar-refractivity contribution in [2.45, 2.75) is 40.2 Å². The van der Waals surface area contributed by atoms with Gasteiger partial charge in [-0.2, -0.15) is 0 Å². The van der Waals surface area contributed by atoms with Crippen molar-refractivity contribution < 1.29 is 5.11 Å². The summed E-state index contributed by atoms with van der Waals surface area (Å²) in [4.78, 5) is 6.81. The van der Waals surface area contributed by atoms with E-state index >= 15 is 0 Å². The smallest absolute Gasteiger partial charge is 0.128 e. The van der Waals surface area contributed by atoms with E-state index in [1.807, 2.05) is 12.1 Å². The molecule has 0 amide bonds. The Kier molecular flexibility index (Phi) is 3.62.